The summed E-state index contributed by atoms with van der Waals surface area (Å²) < 4.78 is 30.9. The smallest absolute Gasteiger partial charge is 0.247 e. The summed E-state index contributed by atoms with van der Waals surface area (Å²) in [7, 11) is 0. The maximum absolute atomic E-state index is 16.1. The number of nitrogens with one attached hydrogen (secondary N) is 1. The number of likely N-dealkylation sites (tertiary alicyclic amines) is 1. The van der Waals surface area contributed by atoms with Crippen molar-refractivity contribution in [3.05, 3.63) is 106 Å². The van der Waals surface area contributed by atoms with Gasteiger partial charge in [0.15, 0.2) is 0 Å². The summed E-state index contributed by atoms with van der Waals surface area (Å²) in [5.41, 5.74) is 2.19. The van der Waals surface area contributed by atoms with Gasteiger partial charge >= 0.3 is 0 Å². The number of halogens is 2. The van der Waals surface area contributed by atoms with E-state index in [0.29, 0.717) is 35.3 Å². The van der Waals surface area contributed by atoms with E-state index in [1.165, 1.54) is 26.0 Å². The first-order valence-electron chi connectivity index (χ1n) is 12.7. The van der Waals surface area contributed by atoms with Crippen molar-refractivity contribution >= 4 is 11.7 Å². The lowest BCUT2D eigenvalue weighted by molar-refractivity contribution is -0.117. The lowest BCUT2D eigenvalue weighted by Gasteiger charge is -2.54. The third-order valence-corrected chi connectivity index (χ3v) is 7.43. The highest BCUT2D eigenvalue weighted by Crippen LogP contribution is 2.52. The molecule has 5 rings (SSSR count). The predicted molar refractivity (Wildman–Crippen MR) is 143 cm³/mol. The van der Waals surface area contributed by atoms with Gasteiger partial charge in [0, 0.05) is 36.5 Å². The van der Waals surface area contributed by atoms with Gasteiger partial charge in [0.1, 0.15) is 23.9 Å². The summed E-state index contributed by atoms with van der Waals surface area (Å²) in [6, 6.07) is 23.1. The number of amides is 1. The third kappa shape index (κ3) is 5.43. The second-order valence-corrected chi connectivity index (χ2v) is 10.6. The van der Waals surface area contributed by atoms with Crippen LogP contribution in [0.15, 0.2) is 71.7 Å². The van der Waals surface area contributed by atoms with E-state index in [0.717, 1.165) is 11.1 Å². The monoisotopic (exact) mass is 523 g/mol. The van der Waals surface area contributed by atoms with Crippen LogP contribution in [0.4, 0.5) is 8.78 Å². The van der Waals surface area contributed by atoms with Crippen molar-refractivity contribution in [2.75, 3.05) is 13.1 Å². The second kappa shape index (κ2) is 10.4. The molecule has 3 atom stereocenters. The maximum Gasteiger partial charge on any atom is 0.247 e. The van der Waals surface area contributed by atoms with Crippen LogP contribution >= 0.6 is 0 Å². The fourth-order valence-electron chi connectivity index (χ4n) is 5.86. The molecule has 39 heavy (non-hydrogen) atoms. The minimum Gasteiger partial charge on any atom is -0.309 e. The Morgan fingerprint density at radius 2 is 1.82 bits per heavy atom. The van der Waals surface area contributed by atoms with Crippen molar-refractivity contribution in [1.82, 2.24) is 10.2 Å². The number of rotatable bonds is 7. The molecule has 1 amide bonds. The summed E-state index contributed by atoms with van der Waals surface area (Å²) in [4.78, 5) is 18.1. The Morgan fingerprint density at radius 3 is 2.46 bits per heavy atom. The maximum atomic E-state index is 16.1. The number of aliphatic imine (C=N–C) groups is 1. The Hall–Kier alpha value is -4.40. The van der Waals surface area contributed by atoms with Crippen molar-refractivity contribution in [3.8, 4) is 12.1 Å². The molecule has 1 saturated heterocycles. The number of amidine groups is 1. The molecule has 0 aliphatic carbocycles. The molecule has 2 aliphatic heterocycles. The summed E-state index contributed by atoms with van der Waals surface area (Å²) in [6.07, 6.45) is 0. The van der Waals surface area contributed by atoms with Gasteiger partial charge in [0.25, 0.3) is 0 Å². The van der Waals surface area contributed by atoms with E-state index in [2.05, 4.69) is 27.3 Å². The average Bonchev–Trinajstić information content (AvgIpc) is 3.33. The van der Waals surface area contributed by atoms with Gasteiger partial charge in [-0.2, -0.15) is 10.5 Å². The highest BCUT2D eigenvalue weighted by Gasteiger charge is 2.50. The van der Waals surface area contributed by atoms with Crippen LogP contribution in [-0.4, -0.2) is 35.4 Å². The van der Waals surface area contributed by atoms with Gasteiger partial charge < -0.3 is 5.32 Å². The first-order valence-corrected chi connectivity index (χ1v) is 12.7. The van der Waals surface area contributed by atoms with E-state index in [-0.39, 0.29) is 30.2 Å². The molecule has 0 bridgehead atoms. The molecule has 0 radical (unpaired) electrons. The molecular formula is C31H27F2N5O. The average molecular weight is 524 g/mol. The molecule has 1 N–H and O–H groups in total. The van der Waals surface area contributed by atoms with Gasteiger partial charge in [0.2, 0.25) is 5.91 Å². The molecule has 3 aromatic rings. The van der Waals surface area contributed by atoms with E-state index >= 15 is 4.39 Å². The standard InChI is InChI=1S/C31H27F2N5O/c1-31(2,33)28(23-11-24(13-25(32)12-23)30-36-16-27(39)37-30)26-18-38(17-21-5-3-4-20(10-21)15-35)29(26)22-8-6-19(14-34)7-9-22/h3-13,26,28-29H,16-18H2,1-2H3,(H,36,37,39)/t26-,28-,29-/m1/s1. The van der Waals surface area contributed by atoms with E-state index < -0.39 is 17.4 Å². The van der Waals surface area contributed by atoms with Gasteiger partial charge in [0.05, 0.1) is 23.3 Å². The van der Waals surface area contributed by atoms with Gasteiger partial charge in [-0.25, -0.2) is 8.78 Å². The van der Waals surface area contributed by atoms with Crippen LogP contribution in [-0.2, 0) is 11.3 Å². The molecule has 196 valence electrons. The van der Waals surface area contributed by atoms with Crippen molar-refractivity contribution in [2.45, 2.75) is 38.0 Å². The fraction of sp³-hybridized carbons (Fsp3) is 0.290. The van der Waals surface area contributed by atoms with Gasteiger partial charge in [-0.1, -0.05) is 24.3 Å². The zero-order valence-electron chi connectivity index (χ0n) is 21.7. The molecule has 0 saturated carbocycles. The highest BCUT2D eigenvalue weighted by atomic mass is 19.1. The van der Waals surface area contributed by atoms with Crippen LogP contribution in [0, 0.1) is 34.4 Å². The number of hydrogen-bond donors (Lipinski definition) is 1. The number of carbonyl (C=O) groups is 1. The molecule has 2 heterocycles. The molecule has 3 aromatic carbocycles. The lowest BCUT2D eigenvalue weighted by Crippen LogP contribution is -2.54. The Balaban J connectivity index is 1.53. The molecular weight excluding hydrogens is 496 g/mol. The minimum absolute atomic E-state index is 0.0232. The van der Waals surface area contributed by atoms with Gasteiger partial charge in [-0.05, 0) is 73.0 Å². The molecule has 6 nitrogen and oxygen atoms in total. The lowest BCUT2D eigenvalue weighted by atomic mass is 9.67. The number of nitriles is 2. The van der Waals surface area contributed by atoms with E-state index in [9.17, 15) is 19.7 Å². The molecule has 2 aliphatic rings. The first-order chi connectivity index (χ1) is 18.7. The number of alkyl halides is 1. The van der Waals surface area contributed by atoms with Crippen LogP contribution in [0.3, 0.4) is 0 Å². The van der Waals surface area contributed by atoms with Crippen LogP contribution in [0.5, 0.6) is 0 Å². The van der Waals surface area contributed by atoms with E-state index in [1.54, 1.807) is 24.3 Å². The largest absolute Gasteiger partial charge is 0.309 e. The normalized spacial score (nSPS) is 19.8. The molecule has 8 heteroatoms. The summed E-state index contributed by atoms with van der Waals surface area (Å²) in [6.45, 7) is 4.08. The Bertz CT molecular complexity index is 1530. The Kier molecular flexibility index (Phi) is 6.99. The fourth-order valence-corrected chi connectivity index (χ4v) is 5.86. The van der Waals surface area contributed by atoms with E-state index in [4.69, 9.17) is 0 Å². The van der Waals surface area contributed by atoms with Crippen LogP contribution in [0.2, 0.25) is 0 Å². The van der Waals surface area contributed by atoms with Gasteiger partial charge in [-0.15, -0.1) is 0 Å². The number of benzene rings is 3. The zero-order valence-corrected chi connectivity index (χ0v) is 21.7. The SMILES string of the molecule is CC(C)(F)[C@H](c1cc(F)cc(C2=NCC(=O)N2)c1)[C@H]1CN(Cc2cccc(C#N)c2)[C@@H]1c1ccc(C#N)cc1. The Labute approximate surface area is 226 Å². The molecule has 0 aromatic heterocycles. The molecule has 1 fully saturated rings. The van der Waals surface area contributed by atoms with Crippen molar-refractivity contribution in [3.63, 3.8) is 0 Å². The minimum atomic E-state index is -1.70. The number of hydrogen-bond acceptors (Lipinski definition) is 5. The van der Waals surface area contributed by atoms with Crippen molar-refractivity contribution < 1.29 is 13.6 Å². The van der Waals surface area contributed by atoms with E-state index in [1.807, 2.05) is 30.3 Å². The summed E-state index contributed by atoms with van der Waals surface area (Å²) >= 11 is 0. The van der Waals surface area contributed by atoms with Crippen LogP contribution < -0.4 is 5.32 Å². The Morgan fingerprint density at radius 1 is 1.08 bits per heavy atom. The van der Waals surface area contributed by atoms with Crippen LogP contribution in [0.25, 0.3) is 0 Å². The topological polar surface area (TPSA) is 92.3 Å². The summed E-state index contributed by atoms with van der Waals surface area (Å²) in [5, 5.41) is 21.2. The number of carbonyl (C=O) groups excluding carboxylic acids is 1. The van der Waals surface area contributed by atoms with Crippen molar-refractivity contribution in [2.24, 2.45) is 10.9 Å². The predicted octanol–water partition coefficient (Wildman–Crippen LogP) is 5.15. The number of nitrogens with zero attached hydrogens (tertiary/aromatic N) is 4. The highest BCUT2D eigenvalue weighted by molar-refractivity contribution is 6.12. The van der Waals surface area contributed by atoms with Crippen LogP contribution in [0.1, 0.15) is 59.2 Å². The first kappa shape index (κ1) is 26.2. The molecule has 0 unspecified atom stereocenters. The zero-order chi connectivity index (χ0) is 27.7. The molecule has 0 spiro atoms. The van der Waals surface area contributed by atoms with Crippen molar-refractivity contribution in [1.29, 1.82) is 10.5 Å². The third-order valence-electron chi connectivity index (χ3n) is 7.43. The van der Waals surface area contributed by atoms with Gasteiger partial charge in [-0.3, -0.25) is 14.7 Å². The second-order valence-electron chi connectivity index (χ2n) is 10.6. The summed E-state index contributed by atoms with van der Waals surface area (Å²) in [5.74, 6) is -1.40. The quantitative estimate of drug-likeness (QED) is 0.464.